The van der Waals surface area contributed by atoms with Gasteiger partial charge in [0, 0.05) is 5.41 Å². The minimum atomic E-state index is -0.667. The lowest BCUT2D eigenvalue weighted by atomic mass is 9.88. The normalized spacial score (nSPS) is 10.4. The van der Waals surface area contributed by atoms with E-state index in [1.807, 2.05) is 6.92 Å². The number of hydrogen-bond acceptors (Lipinski definition) is 5. The average molecular weight is 166 g/mol. The van der Waals surface area contributed by atoms with E-state index in [-0.39, 0.29) is 19.8 Å². The lowest BCUT2D eigenvalue weighted by molar-refractivity contribution is 0.00304. The maximum Gasteiger partial charge on any atom is 0.0531 e. The molecule has 7 N–H and O–H groups in total. The molecule has 0 spiro atoms. The summed E-state index contributed by atoms with van der Waals surface area (Å²) < 4.78 is 0. The zero-order chi connectivity index (χ0) is 9.33. The maximum absolute atomic E-state index is 8.66. The van der Waals surface area contributed by atoms with Crippen molar-refractivity contribution in [3.8, 4) is 0 Å². The fourth-order valence-electron chi connectivity index (χ4n) is 0.485. The second kappa shape index (κ2) is 7.90. The van der Waals surface area contributed by atoms with E-state index in [0.717, 1.165) is 0 Å². The average Bonchev–Trinajstić information content (AvgIpc) is 2.13. The van der Waals surface area contributed by atoms with Gasteiger partial charge in [0.15, 0.2) is 0 Å². The monoisotopic (exact) mass is 166 g/mol. The van der Waals surface area contributed by atoms with E-state index >= 15 is 0 Å². The molecule has 5 heteroatoms. The molecule has 0 saturated carbocycles. The molecule has 0 aromatic rings. The Kier molecular flexibility index (Phi) is 9.62. The summed E-state index contributed by atoms with van der Waals surface area (Å²) in [6.45, 7) is 1.35. The van der Waals surface area contributed by atoms with Crippen LogP contribution in [0.4, 0.5) is 0 Å². The van der Waals surface area contributed by atoms with Crippen molar-refractivity contribution in [1.29, 1.82) is 0 Å². The van der Waals surface area contributed by atoms with Crippen molar-refractivity contribution in [2.75, 3.05) is 19.8 Å². The van der Waals surface area contributed by atoms with Crippen LogP contribution in [0.3, 0.4) is 0 Å². The third kappa shape index (κ3) is 4.28. The number of rotatable bonds is 4. The molecule has 0 aromatic heterocycles. The fraction of sp³-hybridized carbons (Fsp3) is 1.00. The summed E-state index contributed by atoms with van der Waals surface area (Å²) in [5.41, 5.74) is -0.667. The lowest BCUT2D eigenvalue weighted by Gasteiger charge is -2.24. The summed E-state index contributed by atoms with van der Waals surface area (Å²) in [5, 5.41) is 26.0. The van der Waals surface area contributed by atoms with Crippen molar-refractivity contribution in [2.24, 2.45) is 17.1 Å². The Hall–Kier alpha value is -0.200. The van der Waals surface area contributed by atoms with Crippen LogP contribution in [-0.2, 0) is 0 Å². The van der Waals surface area contributed by atoms with Crippen LogP contribution < -0.4 is 11.7 Å². The van der Waals surface area contributed by atoms with E-state index in [9.17, 15) is 0 Å². The second-order valence-electron chi connectivity index (χ2n) is 2.33. The third-order valence-corrected chi connectivity index (χ3v) is 1.76. The van der Waals surface area contributed by atoms with Crippen LogP contribution in [0, 0.1) is 5.41 Å². The van der Waals surface area contributed by atoms with E-state index in [0.29, 0.717) is 6.42 Å². The van der Waals surface area contributed by atoms with Crippen molar-refractivity contribution in [2.45, 2.75) is 13.3 Å². The Morgan fingerprint density at radius 2 is 1.27 bits per heavy atom. The molecule has 0 fully saturated rings. The number of nitrogens with two attached hydrogens (primary N) is 2. The molecular weight excluding hydrogens is 148 g/mol. The molecule has 70 valence electrons. The summed E-state index contributed by atoms with van der Waals surface area (Å²) in [6.07, 6.45) is 0.594. The number of aliphatic hydroxyl groups excluding tert-OH is 3. The van der Waals surface area contributed by atoms with Crippen molar-refractivity contribution < 1.29 is 15.3 Å². The number of aliphatic hydroxyl groups is 3. The molecule has 0 atom stereocenters. The first kappa shape index (κ1) is 13.4. The highest BCUT2D eigenvalue weighted by Gasteiger charge is 2.24. The highest BCUT2D eigenvalue weighted by atomic mass is 16.3. The first-order valence-corrected chi connectivity index (χ1v) is 3.40. The van der Waals surface area contributed by atoms with Gasteiger partial charge in [0.25, 0.3) is 0 Å². The number of hydrazine groups is 1. The van der Waals surface area contributed by atoms with Gasteiger partial charge in [-0.15, -0.1) is 0 Å². The number of hydrogen-bond donors (Lipinski definition) is 5. The third-order valence-electron chi connectivity index (χ3n) is 1.76. The van der Waals surface area contributed by atoms with E-state index in [2.05, 4.69) is 11.7 Å². The first-order chi connectivity index (χ1) is 5.24. The first-order valence-electron chi connectivity index (χ1n) is 3.40. The zero-order valence-corrected chi connectivity index (χ0v) is 6.82. The van der Waals surface area contributed by atoms with Crippen molar-refractivity contribution in [1.82, 2.24) is 0 Å². The lowest BCUT2D eigenvalue weighted by Crippen LogP contribution is -2.32. The Morgan fingerprint density at radius 1 is 1.00 bits per heavy atom. The van der Waals surface area contributed by atoms with Gasteiger partial charge < -0.3 is 15.3 Å². The van der Waals surface area contributed by atoms with Gasteiger partial charge in [0.05, 0.1) is 19.8 Å². The minimum Gasteiger partial charge on any atom is -0.396 e. The minimum absolute atomic E-state index is 0.156. The molecule has 0 saturated heterocycles. The van der Waals surface area contributed by atoms with Gasteiger partial charge in [-0.2, -0.15) is 0 Å². The molecule has 5 nitrogen and oxygen atoms in total. The molecule has 0 aliphatic carbocycles. The van der Waals surface area contributed by atoms with Crippen LogP contribution in [0.5, 0.6) is 0 Å². The van der Waals surface area contributed by atoms with Crippen LogP contribution in [0.1, 0.15) is 13.3 Å². The van der Waals surface area contributed by atoms with E-state index in [4.69, 9.17) is 15.3 Å². The highest BCUT2D eigenvalue weighted by molar-refractivity contribution is 4.74. The second-order valence-corrected chi connectivity index (χ2v) is 2.33. The van der Waals surface area contributed by atoms with Gasteiger partial charge in [0.1, 0.15) is 0 Å². The van der Waals surface area contributed by atoms with Gasteiger partial charge in [0.2, 0.25) is 0 Å². The van der Waals surface area contributed by atoms with Crippen LogP contribution in [0.15, 0.2) is 0 Å². The summed E-state index contributed by atoms with van der Waals surface area (Å²) in [6, 6.07) is 0. The molecular formula is C6H18N2O3. The Bertz CT molecular complexity index is 58.7. The van der Waals surface area contributed by atoms with Gasteiger partial charge in [-0.05, 0) is 6.42 Å². The summed E-state index contributed by atoms with van der Waals surface area (Å²) >= 11 is 0. The van der Waals surface area contributed by atoms with E-state index in [1.54, 1.807) is 0 Å². The Morgan fingerprint density at radius 3 is 1.27 bits per heavy atom. The molecule has 0 bridgehead atoms. The van der Waals surface area contributed by atoms with Crippen LogP contribution in [-0.4, -0.2) is 35.1 Å². The molecule has 0 heterocycles. The van der Waals surface area contributed by atoms with Crippen molar-refractivity contribution in [3.05, 3.63) is 0 Å². The summed E-state index contributed by atoms with van der Waals surface area (Å²) in [4.78, 5) is 0. The maximum atomic E-state index is 8.66. The molecule has 0 aromatic carbocycles. The van der Waals surface area contributed by atoms with Crippen molar-refractivity contribution in [3.63, 3.8) is 0 Å². The Labute approximate surface area is 66.6 Å². The van der Waals surface area contributed by atoms with Gasteiger partial charge in [-0.3, -0.25) is 11.7 Å². The van der Waals surface area contributed by atoms with Gasteiger partial charge in [-0.25, -0.2) is 0 Å². The smallest absolute Gasteiger partial charge is 0.0531 e. The highest BCUT2D eigenvalue weighted by Crippen LogP contribution is 2.18. The molecule has 0 radical (unpaired) electrons. The van der Waals surface area contributed by atoms with Crippen LogP contribution >= 0.6 is 0 Å². The van der Waals surface area contributed by atoms with Crippen LogP contribution in [0.2, 0.25) is 0 Å². The predicted molar refractivity (Wildman–Crippen MR) is 42.4 cm³/mol. The summed E-state index contributed by atoms with van der Waals surface area (Å²) in [7, 11) is 0. The molecule has 0 aliphatic rings. The topological polar surface area (TPSA) is 113 Å². The van der Waals surface area contributed by atoms with E-state index in [1.165, 1.54) is 0 Å². The fourth-order valence-corrected chi connectivity index (χ4v) is 0.485. The van der Waals surface area contributed by atoms with Gasteiger partial charge >= 0.3 is 0 Å². The predicted octanol–water partition coefficient (Wildman–Crippen LogP) is -1.82. The molecule has 0 unspecified atom stereocenters. The standard InChI is InChI=1S/C6H14O3.H4N2/c1-2-6(3-7,4-8)5-9;1-2/h7-9H,2-5H2,1H3;1-2H2. The zero-order valence-electron chi connectivity index (χ0n) is 6.82. The van der Waals surface area contributed by atoms with Crippen molar-refractivity contribution >= 4 is 0 Å². The molecule has 0 rings (SSSR count). The molecule has 11 heavy (non-hydrogen) atoms. The summed E-state index contributed by atoms with van der Waals surface area (Å²) in [5.74, 6) is 8.00. The molecule has 0 aliphatic heterocycles. The largest absolute Gasteiger partial charge is 0.396 e. The Balaban J connectivity index is 0. The quantitative estimate of drug-likeness (QED) is 0.249. The van der Waals surface area contributed by atoms with E-state index < -0.39 is 5.41 Å². The van der Waals surface area contributed by atoms with Crippen LogP contribution in [0.25, 0.3) is 0 Å². The SMILES string of the molecule is CCC(CO)(CO)CO.NN. The molecule has 0 amide bonds. The van der Waals surface area contributed by atoms with Gasteiger partial charge in [-0.1, -0.05) is 6.92 Å².